The van der Waals surface area contributed by atoms with Gasteiger partial charge in [0.2, 0.25) is 0 Å². The van der Waals surface area contributed by atoms with Crippen LogP contribution in [-0.4, -0.2) is 24.7 Å². The van der Waals surface area contributed by atoms with Gasteiger partial charge in [-0.15, -0.1) is 11.3 Å². The van der Waals surface area contributed by atoms with E-state index in [2.05, 4.69) is 5.32 Å². The molecule has 0 aliphatic carbocycles. The van der Waals surface area contributed by atoms with E-state index in [1.54, 1.807) is 30.3 Å². The molecule has 0 bridgehead atoms. The van der Waals surface area contributed by atoms with Gasteiger partial charge in [-0.1, -0.05) is 17.7 Å². The lowest BCUT2D eigenvalue weighted by molar-refractivity contribution is 0.0553. The first-order valence-electron chi connectivity index (χ1n) is 7.46. The second kappa shape index (κ2) is 7.31. The number of carbonyl (C=O) groups is 1. The summed E-state index contributed by atoms with van der Waals surface area (Å²) >= 11 is 7.35. The van der Waals surface area contributed by atoms with Crippen molar-refractivity contribution in [3.63, 3.8) is 0 Å². The maximum Gasteiger partial charge on any atom is 0.255 e. The molecule has 2 N–H and O–H groups in total. The van der Waals surface area contributed by atoms with Crippen molar-refractivity contribution in [1.82, 2.24) is 5.32 Å². The Morgan fingerprint density at radius 2 is 2.20 bits per heavy atom. The van der Waals surface area contributed by atoms with Gasteiger partial charge in [0.05, 0.1) is 25.5 Å². The summed E-state index contributed by atoms with van der Waals surface area (Å²) in [6.45, 7) is -0.0600. The van der Waals surface area contributed by atoms with Crippen LogP contribution in [0.4, 0.5) is 0 Å². The first kappa shape index (κ1) is 17.5. The molecule has 2 heterocycles. The number of thiophene rings is 1. The third-order valence-electron chi connectivity index (χ3n) is 3.77. The summed E-state index contributed by atoms with van der Waals surface area (Å²) in [5, 5.41) is 16.2. The molecule has 0 saturated carbocycles. The number of methoxy groups -OCH3 is 1. The van der Waals surface area contributed by atoms with Crippen LogP contribution in [0.5, 0.6) is 5.75 Å². The standard InChI is InChI=1S/C18H16ClNO4S/c1-23-14-7-6-12(19)10-13(14)17(21)20-11-18(22,15-4-2-8-24-15)16-5-3-9-25-16/h2-10,22H,11H2,1H3,(H,20,21). The lowest BCUT2D eigenvalue weighted by Gasteiger charge is -2.25. The second-order valence-electron chi connectivity index (χ2n) is 5.34. The molecule has 0 radical (unpaired) electrons. The van der Waals surface area contributed by atoms with Crippen molar-refractivity contribution in [2.24, 2.45) is 0 Å². The summed E-state index contributed by atoms with van der Waals surface area (Å²) in [6.07, 6.45) is 1.48. The van der Waals surface area contributed by atoms with E-state index in [4.69, 9.17) is 20.8 Å². The van der Waals surface area contributed by atoms with Gasteiger partial charge in [-0.25, -0.2) is 0 Å². The SMILES string of the molecule is COc1ccc(Cl)cc1C(=O)NCC(O)(c1ccco1)c1cccs1. The zero-order valence-electron chi connectivity index (χ0n) is 13.4. The Bertz CT molecular complexity index is 812. The predicted octanol–water partition coefficient (Wildman–Crippen LogP) is 3.67. The van der Waals surface area contributed by atoms with E-state index < -0.39 is 11.5 Å². The molecule has 25 heavy (non-hydrogen) atoms. The first-order valence-corrected chi connectivity index (χ1v) is 8.72. The van der Waals surface area contributed by atoms with E-state index in [-0.39, 0.29) is 6.54 Å². The average molecular weight is 378 g/mol. The molecule has 0 aliphatic rings. The Morgan fingerprint density at radius 1 is 1.36 bits per heavy atom. The summed E-state index contributed by atoms with van der Waals surface area (Å²) in [7, 11) is 1.48. The Kier molecular flexibility index (Phi) is 5.13. The number of amides is 1. The normalized spacial score (nSPS) is 13.2. The van der Waals surface area contributed by atoms with Crippen LogP contribution in [0.3, 0.4) is 0 Å². The number of carbonyl (C=O) groups excluding carboxylic acids is 1. The monoisotopic (exact) mass is 377 g/mol. The van der Waals surface area contributed by atoms with Gasteiger partial charge < -0.3 is 19.6 Å². The molecule has 2 aromatic heterocycles. The van der Waals surface area contributed by atoms with Crippen LogP contribution in [0, 0.1) is 0 Å². The van der Waals surface area contributed by atoms with Crippen LogP contribution in [0.2, 0.25) is 5.02 Å². The third-order valence-corrected chi connectivity index (χ3v) is 5.02. The van der Waals surface area contributed by atoms with Gasteiger partial charge in [0.15, 0.2) is 5.60 Å². The molecule has 3 aromatic rings. The minimum Gasteiger partial charge on any atom is -0.496 e. The van der Waals surface area contributed by atoms with Gasteiger partial charge in [-0.05, 0) is 41.8 Å². The average Bonchev–Trinajstić information content (AvgIpc) is 3.33. The van der Waals surface area contributed by atoms with E-state index in [9.17, 15) is 9.90 Å². The quantitative estimate of drug-likeness (QED) is 0.687. The number of halogens is 1. The first-order chi connectivity index (χ1) is 12.0. The van der Waals surface area contributed by atoms with E-state index in [0.717, 1.165) is 0 Å². The van der Waals surface area contributed by atoms with Crippen molar-refractivity contribution in [2.75, 3.05) is 13.7 Å². The Morgan fingerprint density at radius 3 is 2.84 bits per heavy atom. The van der Waals surface area contributed by atoms with Gasteiger partial charge in [0.25, 0.3) is 5.91 Å². The number of hydrogen-bond donors (Lipinski definition) is 2. The minimum atomic E-state index is -1.46. The maximum absolute atomic E-state index is 12.6. The molecular weight excluding hydrogens is 362 g/mol. The molecule has 0 saturated heterocycles. The molecule has 1 unspecified atom stereocenters. The molecule has 0 spiro atoms. The zero-order valence-corrected chi connectivity index (χ0v) is 14.9. The molecule has 0 fully saturated rings. The lowest BCUT2D eigenvalue weighted by atomic mass is 9.98. The number of furan rings is 1. The number of ether oxygens (including phenoxy) is 1. The van der Waals surface area contributed by atoms with Crippen molar-refractivity contribution in [3.05, 3.63) is 75.3 Å². The van der Waals surface area contributed by atoms with Gasteiger partial charge in [0, 0.05) is 9.90 Å². The van der Waals surface area contributed by atoms with Crippen LogP contribution in [0.1, 0.15) is 21.0 Å². The summed E-state index contributed by atoms with van der Waals surface area (Å²) in [5.74, 6) is 0.355. The molecule has 0 aliphatic heterocycles. The molecule has 1 atom stereocenters. The molecule has 1 amide bonds. The molecule has 1 aromatic carbocycles. The van der Waals surface area contributed by atoms with E-state index >= 15 is 0 Å². The van der Waals surface area contributed by atoms with Crippen molar-refractivity contribution < 1.29 is 19.1 Å². The van der Waals surface area contributed by atoms with Gasteiger partial charge in [-0.3, -0.25) is 4.79 Å². The predicted molar refractivity (Wildman–Crippen MR) is 96.4 cm³/mol. The van der Waals surface area contributed by atoms with E-state index in [1.165, 1.54) is 30.8 Å². The van der Waals surface area contributed by atoms with Crippen molar-refractivity contribution in [3.8, 4) is 5.75 Å². The summed E-state index contributed by atoms with van der Waals surface area (Å²) in [6, 6.07) is 11.8. The van der Waals surface area contributed by atoms with E-state index in [1.807, 2.05) is 11.4 Å². The topological polar surface area (TPSA) is 71.7 Å². The third kappa shape index (κ3) is 3.56. The Balaban J connectivity index is 1.85. The number of rotatable bonds is 6. The smallest absolute Gasteiger partial charge is 0.255 e. The summed E-state index contributed by atoms with van der Waals surface area (Å²) < 4.78 is 10.6. The number of hydrogen-bond acceptors (Lipinski definition) is 5. The fraction of sp³-hybridized carbons (Fsp3) is 0.167. The highest BCUT2D eigenvalue weighted by atomic mass is 35.5. The Hall–Kier alpha value is -2.28. The fourth-order valence-electron chi connectivity index (χ4n) is 2.48. The molecule has 130 valence electrons. The highest BCUT2D eigenvalue weighted by Gasteiger charge is 2.36. The molecular formula is C18H16ClNO4S. The van der Waals surface area contributed by atoms with Crippen LogP contribution < -0.4 is 10.1 Å². The van der Waals surface area contributed by atoms with Gasteiger partial charge in [0.1, 0.15) is 11.5 Å². The van der Waals surface area contributed by atoms with Crippen molar-refractivity contribution in [1.29, 1.82) is 0 Å². The minimum absolute atomic E-state index is 0.0600. The fourth-order valence-corrected chi connectivity index (χ4v) is 3.49. The van der Waals surface area contributed by atoms with Gasteiger partial charge >= 0.3 is 0 Å². The van der Waals surface area contributed by atoms with Crippen molar-refractivity contribution >= 4 is 28.8 Å². The van der Waals surface area contributed by atoms with Crippen LogP contribution in [0.25, 0.3) is 0 Å². The molecule has 7 heteroatoms. The zero-order chi connectivity index (χ0) is 17.9. The number of benzene rings is 1. The van der Waals surface area contributed by atoms with Gasteiger partial charge in [-0.2, -0.15) is 0 Å². The largest absolute Gasteiger partial charge is 0.496 e. The van der Waals surface area contributed by atoms with Crippen molar-refractivity contribution in [2.45, 2.75) is 5.60 Å². The highest BCUT2D eigenvalue weighted by Crippen LogP contribution is 2.33. The Labute approximate surface area is 153 Å². The number of aliphatic hydroxyl groups is 1. The molecule has 5 nitrogen and oxygen atoms in total. The van der Waals surface area contributed by atoms with Crippen LogP contribution >= 0.6 is 22.9 Å². The van der Waals surface area contributed by atoms with E-state index in [0.29, 0.717) is 27.0 Å². The maximum atomic E-state index is 12.6. The summed E-state index contributed by atoms with van der Waals surface area (Å²) in [5.41, 5.74) is -1.16. The highest BCUT2D eigenvalue weighted by molar-refractivity contribution is 7.10. The van der Waals surface area contributed by atoms with Crippen LogP contribution in [0.15, 0.2) is 58.5 Å². The summed E-state index contributed by atoms with van der Waals surface area (Å²) in [4.78, 5) is 13.2. The second-order valence-corrected chi connectivity index (χ2v) is 6.73. The van der Waals surface area contributed by atoms with Crippen LogP contribution in [-0.2, 0) is 5.60 Å². The lowest BCUT2D eigenvalue weighted by Crippen LogP contribution is -2.41. The molecule has 3 rings (SSSR count). The number of nitrogens with one attached hydrogen (secondary N) is 1.